The van der Waals surface area contributed by atoms with Crippen LogP contribution in [0.5, 0.6) is 0 Å². The van der Waals surface area contributed by atoms with Crippen LogP contribution >= 0.6 is 0 Å². The third kappa shape index (κ3) is 3.44. The molecule has 9 atom stereocenters. The molecule has 4 aliphatic rings. The maximum absolute atomic E-state index is 12.0. The minimum absolute atomic E-state index is 0.261. The number of hydrogen-bond donors (Lipinski definition) is 2. The highest BCUT2D eigenvalue weighted by Gasteiger charge is 2.58. The van der Waals surface area contributed by atoms with Crippen LogP contribution in [0.1, 0.15) is 101 Å². The van der Waals surface area contributed by atoms with E-state index in [1.165, 1.54) is 44.9 Å². The molecule has 0 aromatic carbocycles. The maximum Gasteiger partial charge on any atom is 0.250 e. The third-order valence-electron chi connectivity index (χ3n) is 10.4. The summed E-state index contributed by atoms with van der Waals surface area (Å²) in [5.74, 6) is 4.53. The van der Waals surface area contributed by atoms with Crippen molar-refractivity contribution < 1.29 is 9.90 Å². The fourth-order valence-corrected chi connectivity index (χ4v) is 9.12. The van der Waals surface area contributed by atoms with E-state index in [1.807, 2.05) is 25.3 Å². The first-order valence-corrected chi connectivity index (χ1v) is 12.7. The van der Waals surface area contributed by atoms with E-state index in [-0.39, 0.29) is 11.8 Å². The summed E-state index contributed by atoms with van der Waals surface area (Å²) in [6.07, 6.45) is 12.9. The Bertz CT molecular complexity index is 851. The molecule has 0 aliphatic heterocycles. The van der Waals surface area contributed by atoms with Gasteiger partial charge in [0.25, 0.3) is 5.91 Å². The predicted molar refractivity (Wildman–Crippen MR) is 122 cm³/mol. The van der Waals surface area contributed by atoms with Crippen LogP contribution in [0.4, 0.5) is 0 Å². The van der Waals surface area contributed by atoms with E-state index in [9.17, 15) is 9.90 Å². The van der Waals surface area contributed by atoms with E-state index in [1.54, 1.807) is 0 Å². The van der Waals surface area contributed by atoms with Crippen LogP contribution in [0.3, 0.4) is 0 Å². The molecule has 5 rings (SSSR count). The number of aliphatic hydroxyl groups is 1. The molecule has 0 spiro atoms. The van der Waals surface area contributed by atoms with E-state index in [2.05, 4.69) is 18.8 Å². The fourth-order valence-electron chi connectivity index (χ4n) is 9.12. The van der Waals surface area contributed by atoms with Crippen molar-refractivity contribution in [2.45, 2.75) is 90.1 Å². The van der Waals surface area contributed by atoms with Crippen molar-refractivity contribution in [2.75, 3.05) is 0 Å². The summed E-state index contributed by atoms with van der Waals surface area (Å²) in [6, 6.07) is 3.66. The van der Waals surface area contributed by atoms with Crippen LogP contribution in [0.15, 0.2) is 18.3 Å². The highest BCUT2D eigenvalue weighted by molar-refractivity contribution is 5.94. The van der Waals surface area contributed by atoms with Crippen molar-refractivity contribution >= 4 is 5.91 Å². The molecule has 31 heavy (non-hydrogen) atoms. The second-order valence-corrected chi connectivity index (χ2v) is 12.0. The highest BCUT2D eigenvalue weighted by atomic mass is 16.3. The van der Waals surface area contributed by atoms with Gasteiger partial charge in [-0.15, -0.1) is 0 Å². The molecule has 0 saturated heterocycles. The van der Waals surface area contributed by atoms with Gasteiger partial charge in [0, 0.05) is 12.1 Å². The molecule has 4 aliphatic carbocycles. The van der Waals surface area contributed by atoms with E-state index in [0.29, 0.717) is 16.9 Å². The van der Waals surface area contributed by atoms with Gasteiger partial charge in [0.15, 0.2) is 0 Å². The molecule has 4 heteroatoms. The summed E-state index contributed by atoms with van der Waals surface area (Å²) >= 11 is 0. The number of pyridine rings is 1. The van der Waals surface area contributed by atoms with Crippen molar-refractivity contribution in [3.8, 4) is 0 Å². The van der Waals surface area contributed by atoms with Gasteiger partial charge in [-0.2, -0.15) is 0 Å². The Hall–Kier alpha value is -1.42. The first-order chi connectivity index (χ1) is 14.7. The van der Waals surface area contributed by atoms with Gasteiger partial charge in [-0.3, -0.25) is 9.78 Å². The van der Waals surface area contributed by atoms with Crippen molar-refractivity contribution in [1.29, 1.82) is 0 Å². The normalized spacial score (nSPS) is 45.3. The SMILES string of the molecule is C[C@H](c1ncccc1C(N)=O)[C@@H]1CC[C@H]2[C@@H]3CC[C@@H]4C[C@](C)(O)CC[C@@H]4[C@H]3CC[C@@]21C. The number of amides is 1. The first-order valence-electron chi connectivity index (χ1n) is 12.7. The van der Waals surface area contributed by atoms with Gasteiger partial charge < -0.3 is 10.8 Å². The molecule has 4 nitrogen and oxygen atoms in total. The van der Waals surface area contributed by atoms with Gasteiger partial charge in [0.1, 0.15) is 0 Å². The lowest BCUT2D eigenvalue weighted by atomic mass is 9.48. The Morgan fingerprint density at radius 2 is 1.87 bits per heavy atom. The van der Waals surface area contributed by atoms with Gasteiger partial charge in [0.05, 0.1) is 16.9 Å². The number of primary amides is 1. The summed E-state index contributed by atoms with van der Waals surface area (Å²) in [7, 11) is 0. The van der Waals surface area contributed by atoms with Crippen LogP contribution in [0.2, 0.25) is 0 Å². The number of nitrogens with zero attached hydrogens (tertiary/aromatic N) is 1. The van der Waals surface area contributed by atoms with Crippen molar-refractivity contribution in [3.05, 3.63) is 29.6 Å². The summed E-state index contributed by atoms with van der Waals surface area (Å²) in [5.41, 5.74) is 7.09. The molecule has 0 bridgehead atoms. The summed E-state index contributed by atoms with van der Waals surface area (Å²) in [6.45, 7) is 6.88. The van der Waals surface area contributed by atoms with Gasteiger partial charge >= 0.3 is 0 Å². The van der Waals surface area contributed by atoms with E-state index in [0.717, 1.165) is 48.1 Å². The Morgan fingerprint density at radius 3 is 2.65 bits per heavy atom. The number of rotatable bonds is 3. The molecule has 0 unspecified atom stereocenters. The molecular formula is C27H40N2O2. The third-order valence-corrected chi connectivity index (χ3v) is 10.4. The Kier molecular flexibility index (Phi) is 5.23. The average Bonchev–Trinajstić information content (AvgIpc) is 3.09. The lowest BCUT2D eigenvalue weighted by Crippen LogP contribution is -2.50. The number of fused-ring (bicyclic) bond motifs is 5. The standard InChI is InChI=1S/C27H40N2O2/c1-16(24-21(25(28)30)5-4-14-29-24)22-8-9-23-20-7-6-17-15-26(2,31)12-10-18(17)19(20)11-13-27(22,23)3/h4-5,14,16-20,22-23,31H,6-13,15H2,1-3H3,(H2,28,30)/t16-,17+,18-,19+,20+,22-,23-,26+,27+/m0/s1. The topological polar surface area (TPSA) is 76.2 Å². The van der Waals surface area contributed by atoms with Crippen molar-refractivity contribution in [3.63, 3.8) is 0 Å². The van der Waals surface area contributed by atoms with Gasteiger partial charge in [-0.05, 0) is 118 Å². The lowest BCUT2D eigenvalue weighted by Gasteiger charge is -2.57. The van der Waals surface area contributed by atoms with Gasteiger partial charge in [0.2, 0.25) is 0 Å². The van der Waals surface area contributed by atoms with Crippen LogP contribution in [0, 0.1) is 40.9 Å². The molecule has 4 saturated carbocycles. The molecule has 1 amide bonds. The molecule has 4 fully saturated rings. The van der Waals surface area contributed by atoms with Crippen LogP contribution in [-0.4, -0.2) is 21.6 Å². The van der Waals surface area contributed by atoms with Crippen molar-refractivity contribution in [2.24, 2.45) is 46.7 Å². The zero-order valence-electron chi connectivity index (χ0n) is 19.5. The molecule has 3 N–H and O–H groups in total. The zero-order valence-corrected chi connectivity index (χ0v) is 19.5. The van der Waals surface area contributed by atoms with Crippen LogP contribution in [0.25, 0.3) is 0 Å². The monoisotopic (exact) mass is 424 g/mol. The Balaban J connectivity index is 1.38. The van der Waals surface area contributed by atoms with Gasteiger partial charge in [-0.25, -0.2) is 0 Å². The number of hydrogen-bond acceptors (Lipinski definition) is 3. The minimum atomic E-state index is -0.439. The molecule has 1 heterocycles. The second-order valence-electron chi connectivity index (χ2n) is 12.0. The molecule has 1 aromatic heterocycles. The van der Waals surface area contributed by atoms with Gasteiger partial charge in [-0.1, -0.05) is 13.8 Å². The summed E-state index contributed by atoms with van der Waals surface area (Å²) in [5, 5.41) is 10.6. The predicted octanol–water partition coefficient (Wildman–Crippen LogP) is 5.30. The van der Waals surface area contributed by atoms with Crippen LogP contribution < -0.4 is 5.73 Å². The Morgan fingerprint density at radius 1 is 1.10 bits per heavy atom. The molecule has 0 radical (unpaired) electrons. The largest absolute Gasteiger partial charge is 0.390 e. The minimum Gasteiger partial charge on any atom is -0.390 e. The quantitative estimate of drug-likeness (QED) is 0.691. The second kappa shape index (κ2) is 7.57. The Labute approximate surface area is 187 Å². The summed E-state index contributed by atoms with van der Waals surface area (Å²) in [4.78, 5) is 16.7. The van der Waals surface area contributed by atoms with Crippen molar-refractivity contribution in [1.82, 2.24) is 4.98 Å². The average molecular weight is 425 g/mol. The van der Waals surface area contributed by atoms with E-state index >= 15 is 0 Å². The highest BCUT2D eigenvalue weighted by Crippen LogP contribution is 2.66. The van der Waals surface area contributed by atoms with E-state index in [4.69, 9.17) is 5.73 Å². The number of aromatic nitrogens is 1. The smallest absolute Gasteiger partial charge is 0.250 e. The molecular weight excluding hydrogens is 384 g/mol. The van der Waals surface area contributed by atoms with Crippen LogP contribution in [-0.2, 0) is 0 Å². The number of nitrogens with two attached hydrogens (primary N) is 1. The first kappa shape index (κ1) is 21.4. The molecule has 170 valence electrons. The molecule has 1 aromatic rings. The number of carbonyl (C=O) groups excluding carboxylic acids is 1. The number of carbonyl (C=O) groups is 1. The fraction of sp³-hybridized carbons (Fsp3) is 0.778. The van der Waals surface area contributed by atoms with E-state index < -0.39 is 5.60 Å². The lowest BCUT2D eigenvalue weighted by molar-refractivity contribution is -0.101. The zero-order chi connectivity index (χ0) is 22.0. The maximum atomic E-state index is 12.0. The summed E-state index contributed by atoms with van der Waals surface area (Å²) < 4.78 is 0.